The molecule has 8 nitrogen and oxygen atoms in total. The quantitative estimate of drug-likeness (QED) is 0.521. The van der Waals surface area contributed by atoms with E-state index in [1.54, 1.807) is 0 Å². The number of hydrogen-bond donors (Lipinski definition) is 3. The molecule has 2 heterocycles. The van der Waals surface area contributed by atoms with Crippen LogP contribution in [0.3, 0.4) is 0 Å². The molecule has 1 saturated heterocycles. The van der Waals surface area contributed by atoms with E-state index in [1.807, 2.05) is 0 Å². The Morgan fingerprint density at radius 1 is 1.38 bits per heavy atom. The van der Waals surface area contributed by atoms with Gasteiger partial charge in [0.05, 0.1) is 25.9 Å². The van der Waals surface area contributed by atoms with Crippen LogP contribution in [0.1, 0.15) is 0 Å². The predicted octanol–water partition coefficient (Wildman–Crippen LogP) is -2.60. The molecule has 0 unspecified atom stereocenters. The molecule has 3 N–H and O–H groups in total. The first kappa shape index (κ1) is 11.4. The summed E-state index contributed by atoms with van der Waals surface area (Å²) in [7, 11) is 0. The third-order valence-corrected chi connectivity index (χ3v) is 2.73. The first-order valence-electron chi connectivity index (χ1n) is 5.01. The van der Waals surface area contributed by atoms with Crippen molar-refractivity contribution in [3.63, 3.8) is 0 Å². The Bertz CT molecular complexity index is 320. The number of aliphatic hydroxyl groups is 3. The Hall–Kier alpha value is -1.09. The van der Waals surface area contributed by atoms with Crippen LogP contribution >= 0.6 is 0 Å². The molecule has 0 saturated carbocycles. The highest BCUT2D eigenvalue weighted by atomic mass is 16.5. The van der Waals surface area contributed by atoms with E-state index >= 15 is 0 Å². The monoisotopic (exact) mass is 230 g/mol. The lowest BCUT2D eigenvalue weighted by Crippen LogP contribution is -2.52. The Morgan fingerprint density at radius 2 is 2.19 bits per heavy atom. The van der Waals surface area contributed by atoms with Crippen molar-refractivity contribution in [2.24, 2.45) is 5.92 Å². The second kappa shape index (κ2) is 4.83. The molecule has 0 aliphatic carbocycles. The lowest BCUT2D eigenvalue weighted by Gasteiger charge is -2.36. The van der Waals surface area contributed by atoms with E-state index in [1.165, 1.54) is 11.0 Å². The molecule has 4 atom stereocenters. The fraction of sp³-hybridized carbons (Fsp3) is 0.875. The SMILES string of the molecule is OC[C@H]1OC[C@@H](Cn2cnnn2)[C@@H](O)[C@H]1O. The van der Waals surface area contributed by atoms with Crippen molar-refractivity contribution in [1.29, 1.82) is 0 Å². The summed E-state index contributed by atoms with van der Waals surface area (Å²) >= 11 is 0. The molecule has 1 aliphatic heterocycles. The van der Waals surface area contributed by atoms with Crippen molar-refractivity contribution < 1.29 is 20.1 Å². The van der Waals surface area contributed by atoms with E-state index < -0.39 is 18.3 Å². The zero-order valence-corrected chi connectivity index (χ0v) is 8.55. The first-order chi connectivity index (χ1) is 7.72. The van der Waals surface area contributed by atoms with Crippen molar-refractivity contribution >= 4 is 0 Å². The van der Waals surface area contributed by atoms with Gasteiger partial charge in [-0.3, -0.25) is 0 Å². The van der Waals surface area contributed by atoms with Gasteiger partial charge in [-0.2, -0.15) is 0 Å². The molecule has 0 aromatic carbocycles. The van der Waals surface area contributed by atoms with Gasteiger partial charge in [-0.1, -0.05) is 0 Å². The maximum absolute atomic E-state index is 9.81. The van der Waals surface area contributed by atoms with E-state index in [-0.39, 0.29) is 19.1 Å². The molecule has 1 aliphatic rings. The first-order valence-corrected chi connectivity index (χ1v) is 5.01. The molecular formula is C8H14N4O4. The van der Waals surface area contributed by atoms with Crippen LogP contribution in [0.25, 0.3) is 0 Å². The van der Waals surface area contributed by atoms with Crippen LogP contribution in [0.5, 0.6) is 0 Å². The second-order valence-electron chi connectivity index (χ2n) is 3.83. The van der Waals surface area contributed by atoms with Gasteiger partial charge < -0.3 is 20.1 Å². The summed E-state index contributed by atoms with van der Waals surface area (Å²) in [5, 5.41) is 39.0. The third kappa shape index (κ3) is 2.19. The van der Waals surface area contributed by atoms with Gasteiger partial charge in [0.1, 0.15) is 18.5 Å². The van der Waals surface area contributed by atoms with E-state index in [2.05, 4.69) is 15.5 Å². The number of nitrogens with zero attached hydrogens (tertiary/aromatic N) is 4. The predicted molar refractivity (Wildman–Crippen MR) is 50.1 cm³/mol. The number of tetrazole rings is 1. The Kier molecular flexibility index (Phi) is 3.44. The van der Waals surface area contributed by atoms with Gasteiger partial charge in [-0.05, 0) is 10.4 Å². The number of aliphatic hydroxyl groups excluding tert-OH is 3. The van der Waals surface area contributed by atoms with Crippen LogP contribution in [0, 0.1) is 5.92 Å². The van der Waals surface area contributed by atoms with Crippen molar-refractivity contribution in [1.82, 2.24) is 20.2 Å². The molecule has 2 rings (SSSR count). The standard InChI is InChI=1S/C8H14N4O4/c13-2-6-8(15)7(14)5(3-16-6)1-12-4-9-10-11-12/h4-8,13-15H,1-3H2/t5-,6-,7-,8+/m1/s1. The normalized spacial score (nSPS) is 35.2. The van der Waals surface area contributed by atoms with Gasteiger partial charge in [-0.15, -0.1) is 5.10 Å². The number of ether oxygens (including phenoxy) is 1. The van der Waals surface area contributed by atoms with Crippen LogP contribution < -0.4 is 0 Å². The van der Waals surface area contributed by atoms with Gasteiger partial charge in [0.2, 0.25) is 0 Å². The molecule has 1 fully saturated rings. The Labute approximate surface area is 91.5 Å². The highest BCUT2D eigenvalue weighted by Gasteiger charge is 2.38. The van der Waals surface area contributed by atoms with E-state index in [0.29, 0.717) is 6.54 Å². The van der Waals surface area contributed by atoms with Crippen LogP contribution in [-0.2, 0) is 11.3 Å². The number of rotatable bonds is 3. The molecule has 16 heavy (non-hydrogen) atoms. The largest absolute Gasteiger partial charge is 0.394 e. The lowest BCUT2D eigenvalue weighted by atomic mass is 9.92. The highest BCUT2D eigenvalue weighted by Crippen LogP contribution is 2.21. The third-order valence-electron chi connectivity index (χ3n) is 2.73. The topological polar surface area (TPSA) is 114 Å². The summed E-state index contributed by atoms with van der Waals surface area (Å²) in [5.74, 6) is -0.290. The van der Waals surface area contributed by atoms with Crippen LogP contribution in [0.15, 0.2) is 6.33 Å². The van der Waals surface area contributed by atoms with Gasteiger partial charge in [0, 0.05) is 5.92 Å². The molecule has 0 spiro atoms. The van der Waals surface area contributed by atoms with Crippen LogP contribution in [-0.4, -0.2) is 67.1 Å². The van der Waals surface area contributed by atoms with Crippen molar-refractivity contribution in [2.45, 2.75) is 24.9 Å². The summed E-state index contributed by atoms with van der Waals surface area (Å²) in [6.45, 7) is 0.308. The smallest absolute Gasteiger partial charge is 0.138 e. The number of hydrogen-bond acceptors (Lipinski definition) is 7. The molecule has 0 bridgehead atoms. The second-order valence-corrected chi connectivity index (χ2v) is 3.83. The Balaban J connectivity index is 1.97. The molecule has 8 heteroatoms. The van der Waals surface area contributed by atoms with E-state index in [9.17, 15) is 10.2 Å². The molecule has 1 aromatic rings. The van der Waals surface area contributed by atoms with E-state index in [0.717, 1.165) is 0 Å². The summed E-state index contributed by atoms with van der Waals surface area (Å²) in [4.78, 5) is 0. The minimum atomic E-state index is -1.08. The van der Waals surface area contributed by atoms with Gasteiger partial charge in [0.25, 0.3) is 0 Å². The van der Waals surface area contributed by atoms with Crippen molar-refractivity contribution in [2.75, 3.05) is 13.2 Å². The summed E-state index contributed by atoms with van der Waals surface area (Å²) in [6, 6.07) is 0. The summed E-state index contributed by atoms with van der Waals surface area (Å²) in [6.07, 6.45) is -1.33. The summed E-state index contributed by atoms with van der Waals surface area (Å²) in [5.41, 5.74) is 0. The number of aromatic nitrogens is 4. The van der Waals surface area contributed by atoms with Crippen molar-refractivity contribution in [3.05, 3.63) is 6.33 Å². The molecule has 90 valence electrons. The van der Waals surface area contributed by atoms with Gasteiger partial charge in [-0.25, -0.2) is 4.68 Å². The Morgan fingerprint density at radius 3 is 2.81 bits per heavy atom. The fourth-order valence-corrected chi connectivity index (χ4v) is 1.77. The van der Waals surface area contributed by atoms with Gasteiger partial charge in [0.15, 0.2) is 0 Å². The van der Waals surface area contributed by atoms with Crippen molar-refractivity contribution in [3.8, 4) is 0 Å². The zero-order valence-electron chi connectivity index (χ0n) is 8.55. The van der Waals surface area contributed by atoms with Crippen LogP contribution in [0.4, 0.5) is 0 Å². The molecular weight excluding hydrogens is 216 g/mol. The fourth-order valence-electron chi connectivity index (χ4n) is 1.77. The minimum Gasteiger partial charge on any atom is -0.394 e. The molecule has 1 aromatic heterocycles. The maximum Gasteiger partial charge on any atom is 0.138 e. The molecule has 0 amide bonds. The van der Waals surface area contributed by atoms with Gasteiger partial charge >= 0.3 is 0 Å². The lowest BCUT2D eigenvalue weighted by molar-refractivity contribution is -0.177. The average Bonchev–Trinajstić information content (AvgIpc) is 2.78. The summed E-state index contributed by atoms with van der Waals surface area (Å²) < 4.78 is 6.69. The van der Waals surface area contributed by atoms with Crippen LogP contribution in [0.2, 0.25) is 0 Å². The average molecular weight is 230 g/mol. The minimum absolute atomic E-state index is 0.253. The van der Waals surface area contributed by atoms with E-state index in [4.69, 9.17) is 9.84 Å². The zero-order chi connectivity index (χ0) is 11.5. The highest BCUT2D eigenvalue weighted by molar-refractivity contribution is 4.86. The maximum atomic E-state index is 9.81. The molecule has 0 radical (unpaired) electrons.